The molecule has 1 unspecified atom stereocenters. The van der Waals surface area contributed by atoms with Gasteiger partial charge in [0, 0.05) is 19.1 Å². The molecule has 112 valence electrons. The van der Waals surface area contributed by atoms with E-state index in [0.717, 1.165) is 13.0 Å². The number of nitrogens with zero attached hydrogens (tertiary/aromatic N) is 1. The molecule has 2 aromatic rings. The number of aliphatic hydroxyl groups excluding tert-OH is 2. The van der Waals surface area contributed by atoms with E-state index < -0.39 is 0 Å². The van der Waals surface area contributed by atoms with E-state index in [4.69, 9.17) is 0 Å². The molecule has 3 nitrogen and oxygen atoms in total. The van der Waals surface area contributed by atoms with Crippen LogP contribution in [0.5, 0.6) is 0 Å². The number of rotatable bonds is 8. The summed E-state index contributed by atoms with van der Waals surface area (Å²) in [6, 6.07) is 20.3. The Balaban J connectivity index is 2.07. The first-order chi connectivity index (χ1) is 10.3. The minimum atomic E-state index is 0.0137. The van der Waals surface area contributed by atoms with Crippen LogP contribution in [-0.2, 0) is 13.0 Å². The van der Waals surface area contributed by atoms with Gasteiger partial charge in [0.1, 0.15) is 0 Å². The van der Waals surface area contributed by atoms with Gasteiger partial charge in [0.25, 0.3) is 0 Å². The molecule has 0 aliphatic carbocycles. The first-order valence-corrected chi connectivity index (χ1v) is 7.37. The van der Waals surface area contributed by atoms with E-state index in [1.165, 1.54) is 11.1 Å². The van der Waals surface area contributed by atoms with Crippen molar-refractivity contribution in [2.75, 3.05) is 19.8 Å². The van der Waals surface area contributed by atoms with E-state index in [1.807, 2.05) is 36.4 Å². The van der Waals surface area contributed by atoms with Crippen LogP contribution in [0, 0.1) is 0 Å². The molecule has 1 atom stereocenters. The van der Waals surface area contributed by atoms with Gasteiger partial charge in [-0.15, -0.1) is 0 Å². The van der Waals surface area contributed by atoms with Crippen LogP contribution in [0.4, 0.5) is 0 Å². The normalized spacial score (nSPS) is 12.5. The lowest BCUT2D eigenvalue weighted by atomic mass is 10.0. The lowest BCUT2D eigenvalue weighted by Crippen LogP contribution is -2.40. The van der Waals surface area contributed by atoms with Crippen LogP contribution in [0.2, 0.25) is 0 Å². The largest absolute Gasteiger partial charge is 0.395 e. The first-order valence-electron chi connectivity index (χ1n) is 7.37. The van der Waals surface area contributed by atoms with Gasteiger partial charge in [0.05, 0.1) is 13.2 Å². The lowest BCUT2D eigenvalue weighted by molar-refractivity contribution is 0.0953. The predicted molar refractivity (Wildman–Crippen MR) is 85.0 cm³/mol. The highest BCUT2D eigenvalue weighted by molar-refractivity contribution is 5.17. The number of benzene rings is 2. The third-order valence-corrected chi connectivity index (χ3v) is 3.66. The van der Waals surface area contributed by atoms with Crippen molar-refractivity contribution in [2.45, 2.75) is 19.0 Å². The summed E-state index contributed by atoms with van der Waals surface area (Å²) < 4.78 is 0. The van der Waals surface area contributed by atoms with Crippen molar-refractivity contribution >= 4 is 0 Å². The maximum Gasteiger partial charge on any atom is 0.0590 e. The van der Waals surface area contributed by atoms with Gasteiger partial charge in [-0.1, -0.05) is 60.7 Å². The molecule has 21 heavy (non-hydrogen) atoms. The van der Waals surface area contributed by atoms with Gasteiger partial charge in [-0.05, 0) is 17.5 Å². The molecule has 0 aromatic heterocycles. The molecule has 0 fully saturated rings. The Labute approximate surface area is 126 Å². The maximum atomic E-state index is 9.74. The van der Waals surface area contributed by atoms with Gasteiger partial charge >= 0.3 is 0 Å². The smallest absolute Gasteiger partial charge is 0.0590 e. The summed E-state index contributed by atoms with van der Waals surface area (Å²) >= 11 is 0. The van der Waals surface area contributed by atoms with Crippen molar-refractivity contribution in [3.05, 3.63) is 71.8 Å². The molecule has 0 saturated heterocycles. The average molecular weight is 285 g/mol. The first kappa shape index (κ1) is 15.7. The Morgan fingerprint density at radius 3 is 1.90 bits per heavy atom. The third-order valence-electron chi connectivity index (χ3n) is 3.66. The van der Waals surface area contributed by atoms with Gasteiger partial charge in [0.15, 0.2) is 0 Å². The van der Waals surface area contributed by atoms with Gasteiger partial charge in [0.2, 0.25) is 0 Å². The Morgan fingerprint density at radius 1 is 0.810 bits per heavy atom. The zero-order valence-electron chi connectivity index (χ0n) is 12.2. The average Bonchev–Trinajstić information content (AvgIpc) is 2.54. The molecule has 2 N–H and O–H groups in total. The summed E-state index contributed by atoms with van der Waals surface area (Å²) in [5.41, 5.74) is 2.39. The molecule has 0 saturated carbocycles. The summed E-state index contributed by atoms with van der Waals surface area (Å²) in [4.78, 5) is 2.14. The molecule has 0 aliphatic heterocycles. The number of aliphatic hydroxyl groups is 2. The van der Waals surface area contributed by atoms with Crippen molar-refractivity contribution in [2.24, 2.45) is 0 Å². The molecule has 0 amide bonds. The van der Waals surface area contributed by atoms with E-state index in [1.54, 1.807) is 0 Å². The van der Waals surface area contributed by atoms with Crippen LogP contribution in [0.1, 0.15) is 11.1 Å². The SMILES string of the molecule is OCCN(Cc1ccccc1)C(CO)Cc1ccccc1. The van der Waals surface area contributed by atoms with Crippen LogP contribution in [0.3, 0.4) is 0 Å². The van der Waals surface area contributed by atoms with E-state index in [9.17, 15) is 10.2 Å². The standard InChI is InChI=1S/C18H23NO2/c20-12-11-19(14-17-9-5-2-6-10-17)18(15-21)13-16-7-3-1-4-8-16/h1-10,18,20-21H,11-15H2. The predicted octanol–water partition coefficient (Wildman–Crippen LogP) is 2.08. The summed E-state index contributed by atoms with van der Waals surface area (Å²) in [7, 11) is 0. The van der Waals surface area contributed by atoms with Gasteiger partial charge in [-0.25, -0.2) is 0 Å². The highest BCUT2D eigenvalue weighted by Gasteiger charge is 2.18. The molecular formula is C18H23NO2. The van der Waals surface area contributed by atoms with Crippen LogP contribution < -0.4 is 0 Å². The number of hydrogen-bond acceptors (Lipinski definition) is 3. The van der Waals surface area contributed by atoms with Crippen LogP contribution >= 0.6 is 0 Å². The van der Waals surface area contributed by atoms with Gasteiger partial charge in [-0.2, -0.15) is 0 Å². The highest BCUT2D eigenvalue weighted by atomic mass is 16.3. The van der Waals surface area contributed by atoms with Crippen molar-refractivity contribution < 1.29 is 10.2 Å². The minimum Gasteiger partial charge on any atom is -0.395 e. The molecule has 0 heterocycles. The molecule has 2 rings (SSSR count). The Kier molecular flexibility index (Phi) is 6.41. The minimum absolute atomic E-state index is 0.0137. The summed E-state index contributed by atoms with van der Waals surface area (Å²) in [6.45, 7) is 1.48. The highest BCUT2D eigenvalue weighted by Crippen LogP contribution is 2.13. The van der Waals surface area contributed by atoms with Crippen molar-refractivity contribution in [1.29, 1.82) is 0 Å². The second-order valence-corrected chi connectivity index (χ2v) is 5.21. The molecule has 0 bridgehead atoms. The fraction of sp³-hybridized carbons (Fsp3) is 0.333. The van der Waals surface area contributed by atoms with E-state index in [2.05, 4.69) is 29.2 Å². The summed E-state index contributed by atoms with van der Waals surface area (Å²) in [6.07, 6.45) is 0.782. The fourth-order valence-electron chi connectivity index (χ4n) is 2.53. The quantitative estimate of drug-likeness (QED) is 0.780. The zero-order chi connectivity index (χ0) is 14.9. The molecule has 2 aromatic carbocycles. The molecule has 0 spiro atoms. The molecular weight excluding hydrogens is 262 g/mol. The third kappa shape index (κ3) is 4.97. The molecule has 3 heteroatoms. The van der Waals surface area contributed by atoms with E-state index in [0.29, 0.717) is 6.54 Å². The van der Waals surface area contributed by atoms with Gasteiger partial charge in [-0.3, -0.25) is 4.90 Å². The summed E-state index contributed by atoms with van der Waals surface area (Å²) in [5.74, 6) is 0. The van der Waals surface area contributed by atoms with Crippen LogP contribution in [-0.4, -0.2) is 40.9 Å². The fourth-order valence-corrected chi connectivity index (χ4v) is 2.53. The van der Waals surface area contributed by atoms with E-state index >= 15 is 0 Å². The maximum absolute atomic E-state index is 9.74. The van der Waals surface area contributed by atoms with E-state index in [-0.39, 0.29) is 19.3 Å². The Hall–Kier alpha value is -1.68. The molecule has 0 aliphatic rings. The van der Waals surface area contributed by atoms with Crippen LogP contribution in [0.25, 0.3) is 0 Å². The lowest BCUT2D eigenvalue weighted by Gasteiger charge is -2.30. The van der Waals surface area contributed by atoms with Gasteiger partial charge < -0.3 is 10.2 Å². The Morgan fingerprint density at radius 2 is 1.38 bits per heavy atom. The second-order valence-electron chi connectivity index (χ2n) is 5.21. The molecule has 0 radical (unpaired) electrons. The summed E-state index contributed by atoms with van der Waals surface area (Å²) in [5, 5.41) is 19.0. The monoisotopic (exact) mass is 285 g/mol. The van der Waals surface area contributed by atoms with Crippen molar-refractivity contribution in [3.8, 4) is 0 Å². The van der Waals surface area contributed by atoms with Crippen LogP contribution in [0.15, 0.2) is 60.7 Å². The second kappa shape index (κ2) is 8.57. The van der Waals surface area contributed by atoms with Crippen molar-refractivity contribution in [1.82, 2.24) is 4.90 Å². The number of hydrogen-bond donors (Lipinski definition) is 2. The Bertz CT molecular complexity index is 501. The zero-order valence-corrected chi connectivity index (χ0v) is 12.2. The van der Waals surface area contributed by atoms with Crippen molar-refractivity contribution in [3.63, 3.8) is 0 Å². The topological polar surface area (TPSA) is 43.7 Å².